The van der Waals surface area contributed by atoms with Crippen LogP contribution in [-0.2, 0) is 6.61 Å². The topological polar surface area (TPSA) is 75.0 Å². The number of benzene rings is 2. The van der Waals surface area contributed by atoms with E-state index in [-0.39, 0.29) is 0 Å². The Hall–Kier alpha value is -3.08. The van der Waals surface area contributed by atoms with Gasteiger partial charge in [0.2, 0.25) is 0 Å². The first-order chi connectivity index (χ1) is 10.7. The Kier molecular flexibility index (Phi) is 3.87. The molecule has 0 amide bonds. The average molecular weight is 294 g/mol. The number of aromatic amines is 2. The smallest absolute Gasteiger partial charge is 0.325 e. The minimum Gasteiger partial charge on any atom is -0.489 e. The number of ether oxygens (including phenoxy) is 1. The van der Waals surface area contributed by atoms with E-state index >= 15 is 0 Å². The number of hydrogen-bond acceptors (Lipinski definition) is 3. The second kappa shape index (κ2) is 6.13. The summed E-state index contributed by atoms with van der Waals surface area (Å²) in [6, 6.07) is 17.0. The summed E-state index contributed by atoms with van der Waals surface area (Å²) in [5.41, 5.74) is 1.19. The number of nitrogens with one attached hydrogen (secondary N) is 2. The lowest BCUT2D eigenvalue weighted by atomic mass is 10.1. The highest BCUT2D eigenvalue weighted by Gasteiger charge is 2.05. The summed E-state index contributed by atoms with van der Waals surface area (Å²) in [6.45, 7) is 0.451. The highest BCUT2D eigenvalue weighted by atomic mass is 16.5. The first kappa shape index (κ1) is 13.9. The van der Waals surface area contributed by atoms with Crippen LogP contribution < -0.4 is 16.0 Å². The van der Waals surface area contributed by atoms with Gasteiger partial charge in [0.15, 0.2) is 0 Å². The molecule has 3 aromatic rings. The van der Waals surface area contributed by atoms with Crippen molar-refractivity contribution in [2.45, 2.75) is 6.61 Å². The van der Waals surface area contributed by atoms with Gasteiger partial charge in [0.25, 0.3) is 5.56 Å². The summed E-state index contributed by atoms with van der Waals surface area (Å²) < 4.78 is 5.73. The summed E-state index contributed by atoms with van der Waals surface area (Å²) in [5, 5.41) is 0. The van der Waals surface area contributed by atoms with E-state index in [4.69, 9.17) is 4.74 Å². The van der Waals surface area contributed by atoms with Gasteiger partial charge in [0, 0.05) is 6.20 Å². The molecule has 1 heterocycles. The Bertz CT molecular complexity index is 882. The van der Waals surface area contributed by atoms with Gasteiger partial charge in [-0.1, -0.05) is 42.5 Å². The van der Waals surface area contributed by atoms with E-state index in [0.717, 1.165) is 5.56 Å². The van der Waals surface area contributed by atoms with Crippen molar-refractivity contribution in [1.82, 2.24) is 9.97 Å². The third-order valence-corrected chi connectivity index (χ3v) is 3.21. The van der Waals surface area contributed by atoms with Crippen LogP contribution in [0.4, 0.5) is 0 Å². The molecule has 0 saturated carbocycles. The predicted octanol–water partition coefficient (Wildman–Crippen LogP) is 2.31. The van der Waals surface area contributed by atoms with E-state index in [0.29, 0.717) is 23.5 Å². The molecule has 0 aliphatic carbocycles. The average Bonchev–Trinajstić information content (AvgIpc) is 2.54. The van der Waals surface area contributed by atoms with Gasteiger partial charge in [-0.3, -0.25) is 9.78 Å². The molecule has 0 fully saturated rings. The Morgan fingerprint density at radius 3 is 2.55 bits per heavy atom. The van der Waals surface area contributed by atoms with Crippen LogP contribution in [0.5, 0.6) is 5.75 Å². The summed E-state index contributed by atoms with van der Waals surface area (Å²) in [7, 11) is 0. The van der Waals surface area contributed by atoms with Crippen LogP contribution in [-0.4, -0.2) is 9.97 Å². The fraction of sp³-hybridized carbons (Fsp3) is 0.0588. The number of aromatic nitrogens is 2. The van der Waals surface area contributed by atoms with Crippen molar-refractivity contribution < 1.29 is 4.74 Å². The van der Waals surface area contributed by atoms with Crippen LogP contribution in [0.2, 0.25) is 0 Å². The molecule has 0 radical (unpaired) electrons. The van der Waals surface area contributed by atoms with Crippen molar-refractivity contribution in [3.8, 4) is 16.9 Å². The van der Waals surface area contributed by atoms with E-state index < -0.39 is 11.2 Å². The van der Waals surface area contributed by atoms with Crippen LogP contribution in [0.25, 0.3) is 11.1 Å². The molecule has 5 nitrogen and oxygen atoms in total. The first-order valence-corrected chi connectivity index (χ1v) is 6.81. The largest absolute Gasteiger partial charge is 0.489 e. The van der Waals surface area contributed by atoms with Crippen molar-refractivity contribution in [3.63, 3.8) is 0 Å². The second-order valence-electron chi connectivity index (χ2n) is 4.79. The predicted molar refractivity (Wildman–Crippen MR) is 83.9 cm³/mol. The second-order valence-corrected chi connectivity index (χ2v) is 4.79. The van der Waals surface area contributed by atoms with Crippen molar-refractivity contribution in [2.24, 2.45) is 0 Å². The minimum atomic E-state index is -0.523. The normalized spacial score (nSPS) is 10.4. The Morgan fingerprint density at radius 2 is 1.77 bits per heavy atom. The molecule has 0 spiro atoms. The van der Waals surface area contributed by atoms with Gasteiger partial charge in [0.1, 0.15) is 12.4 Å². The lowest BCUT2D eigenvalue weighted by Gasteiger charge is -2.08. The molecule has 0 aliphatic heterocycles. The maximum Gasteiger partial charge on any atom is 0.325 e. The van der Waals surface area contributed by atoms with E-state index in [1.807, 2.05) is 36.4 Å². The number of rotatable bonds is 4. The van der Waals surface area contributed by atoms with Gasteiger partial charge in [-0.2, -0.15) is 0 Å². The van der Waals surface area contributed by atoms with Gasteiger partial charge in [-0.15, -0.1) is 0 Å². The van der Waals surface area contributed by atoms with Crippen molar-refractivity contribution >= 4 is 0 Å². The monoisotopic (exact) mass is 294 g/mol. The Balaban J connectivity index is 1.83. The molecule has 0 unspecified atom stereocenters. The van der Waals surface area contributed by atoms with Crippen molar-refractivity contribution in [3.05, 3.63) is 87.2 Å². The van der Waals surface area contributed by atoms with Gasteiger partial charge >= 0.3 is 5.69 Å². The molecular formula is C17H14N2O3. The molecule has 0 saturated heterocycles. The fourth-order valence-corrected chi connectivity index (χ4v) is 2.12. The molecule has 110 valence electrons. The Labute approximate surface area is 126 Å². The fourth-order valence-electron chi connectivity index (χ4n) is 2.12. The van der Waals surface area contributed by atoms with Crippen molar-refractivity contribution in [2.75, 3.05) is 0 Å². The lowest BCUT2D eigenvalue weighted by molar-refractivity contribution is 0.306. The third-order valence-electron chi connectivity index (χ3n) is 3.21. The minimum absolute atomic E-state index is 0.393. The first-order valence-electron chi connectivity index (χ1n) is 6.81. The summed E-state index contributed by atoms with van der Waals surface area (Å²) >= 11 is 0. The molecule has 2 N–H and O–H groups in total. The maximum absolute atomic E-state index is 11.8. The quantitative estimate of drug-likeness (QED) is 0.775. The van der Waals surface area contributed by atoms with Gasteiger partial charge in [-0.05, 0) is 23.3 Å². The highest BCUT2D eigenvalue weighted by molar-refractivity contribution is 5.63. The van der Waals surface area contributed by atoms with E-state index in [1.165, 1.54) is 6.20 Å². The summed E-state index contributed by atoms with van der Waals surface area (Å²) in [6.07, 6.45) is 1.40. The SMILES string of the molecule is O=c1[nH]cc(-c2cccc(OCc3ccccc3)c2)c(=O)[nH]1. The van der Waals surface area contributed by atoms with E-state index in [2.05, 4.69) is 9.97 Å². The summed E-state index contributed by atoms with van der Waals surface area (Å²) in [5.74, 6) is 0.659. The van der Waals surface area contributed by atoms with Crippen LogP contribution >= 0.6 is 0 Å². The summed E-state index contributed by atoms with van der Waals surface area (Å²) in [4.78, 5) is 27.6. The van der Waals surface area contributed by atoms with Crippen LogP contribution in [0.1, 0.15) is 5.56 Å². The zero-order valence-electron chi connectivity index (χ0n) is 11.7. The van der Waals surface area contributed by atoms with Crippen LogP contribution in [0.15, 0.2) is 70.4 Å². The van der Waals surface area contributed by atoms with E-state index in [9.17, 15) is 9.59 Å². The van der Waals surface area contributed by atoms with Crippen LogP contribution in [0.3, 0.4) is 0 Å². The van der Waals surface area contributed by atoms with E-state index in [1.54, 1.807) is 18.2 Å². The molecule has 0 bridgehead atoms. The molecule has 1 aromatic heterocycles. The zero-order chi connectivity index (χ0) is 15.4. The van der Waals surface area contributed by atoms with Crippen LogP contribution in [0, 0.1) is 0 Å². The van der Waals surface area contributed by atoms with Gasteiger partial charge in [-0.25, -0.2) is 4.79 Å². The zero-order valence-corrected chi connectivity index (χ0v) is 11.7. The maximum atomic E-state index is 11.8. The standard InChI is InChI=1S/C17H14N2O3/c20-16-15(10-18-17(21)19-16)13-7-4-8-14(9-13)22-11-12-5-2-1-3-6-12/h1-10H,11H2,(H2,18,19,20,21). The molecule has 3 rings (SSSR count). The third kappa shape index (κ3) is 3.15. The molecule has 0 atom stereocenters. The molecule has 2 aromatic carbocycles. The molecule has 0 aliphatic rings. The van der Waals surface area contributed by atoms with Crippen molar-refractivity contribution in [1.29, 1.82) is 0 Å². The highest BCUT2D eigenvalue weighted by Crippen LogP contribution is 2.21. The number of hydrogen-bond donors (Lipinski definition) is 2. The lowest BCUT2D eigenvalue weighted by Crippen LogP contribution is -2.22. The Morgan fingerprint density at radius 1 is 0.955 bits per heavy atom. The van der Waals surface area contributed by atoms with Gasteiger partial charge in [0.05, 0.1) is 5.56 Å². The molecule has 5 heteroatoms. The number of H-pyrrole nitrogens is 2. The molecular weight excluding hydrogens is 280 g/mol. The van der Waals surface area contributed by atoms with Gasteiger partial charge < -0.3 is 9.72 Å². The molecule has 22 heavy (non-hydrogen) atoms.